The fourth-order valence-corrected chi connectivity index (χ4v) is 0.910. The van der Waals surface area contributed by atoms with E-state index in [0.29, 0.717) is 6.07 Å². The molecule has 0 unspecified atom stereocenters. The number of halogens is 3. The summed E-state index contributed by atoms with van der Waals surface area (Å²) in [5.41, 5.74) is -1.81. The fourth-order valence-electron chi connectivity index (χ4n) is 0.910. The van der Waals surface area contributed by atoms with Gasteiger partial charge in [-0.25, -0.2) is 18.2 Å². The maximum atomic E-state index is 12.9. The summed E-state index contributed by atoms with van der Waals surface area (Å²) in [6.45, 7) is -0.780. The Balaban J connectivity index is 3.34. The second-order valence-electron chi connectivity index (χ2n) is 2.42. The first-order chi connectivity index (χ1) is 6.60. The third-order valence-electron chi connectivity index (χ3n) is 1.56. The predicted octanol–water partition coefficient (Wildman–Crippen LogP) is 1.52. The average Bonchev–Trinajstić information content (AvgIpc) is 2.16. The predicted molar refractivity (Wildman–Crippen MR) is 39.8 cm³/mol. The topological polar surface area (TPSA) is 56.9 Å². The van der Waals surface area contributed by atoms with Crippen molar-refractivity contribution in [1.29, 1.82) is 5.26 Å². The van der Waals surface area contributed by atoms with Crippen LogP contribution in [0.4, 0.5) is 13.2 Å². The van der Waals surface area contributed by atoms with E-state index in [1.807, 2.05) is 0 Å². The number of alkyl halides is 2. The van der Waals surface area contributed by atoms with Crippen molar-refractivity contribution in [2.45, 2.75) is 13.0 Å². The Morgan fingerprint density at radius 3 is 2.64 bits per heavy atom. The van der Waals surface area contributed by atoms with Gasteiger partial charge in [0.2, 0.25) is 0 Å². The lowest BCUT2D eigenvalue weighted by molar-refractivity contribution is 0.144. The minimum Gasteiger partial charge on any atom is -0.390 e. The van der Waals surface area contributed by atoms with Gasteiger partial charge in [-0.2, -0.15) is 5.26 Å². The zero-order chi connectivity index (χ0) is 10.7. The summed E-state index contributed by atoms with van der Waals surface area (Å²) >= 11 is 0. The van der Waals surface area contributed by atoms with Gasteiger partial charge in [0.1, 0.15) is 23.3 Å². The molecule has 0 saturated heterocycles. The van der Waals surface area contributed by atoms with Gasteiger partial charge in [0, 0.05) is 0 Å². The second-order valence-corrected chi connectivity index (χ2v) is 2.42. The van der Waals surface area contributed by atoms with E-state index in [4.69, 9.17) is 10.4 Å². The summed E-state index contributed by atoms with van der Waals surface area (Å²) < 4.78 is 37.4. The molecule has 74 valence electrons. The molecule has 1 N–H and O–H groups in total. The Kier molecular flexibility index (Phi) is 3.04. The average molecular weight is 202 g/mol. The van der Waals surface area contributed by atoms with Crippen LogP contribution < -0.4 is 0 Å². The molecule has 0 atom stereocenters. The summed E-state index contributed by atoms with van der Waals surface area (Å²) in [5, 5.41) is 17.0. The zero-order valence-corrected chi connectivity index (χ0v) is 6.84. The van der Waals surface area contributed by atoms with Gasteiger partial charge in [-0.05, 0) is 6.07 Å². The highest BCUT2D eigenvalue weighted by molar-refractivity contribution is 5.35. The quantitative estimate of drug-likeness (QED) is 0.790. The number of nitriles is 1. The highest BCUT2D eigenvalue weighted by Gasteiger charge is 2.18. The highest BCUT2D eigenvalue weighted by atomic mass is 19.3. The van der Waals surface area contributed by atoms with Crippen molar-refractivity contribution in [1.82, 2.24) is 4.98 Å². The maximum absolute atomic E-state index is 12.9. The van der Waals surface area contributed by atoms with Crippen LogP contribution in [0, 0.1) is 17.1 Å². The molecule has 0 aliphatic carbocycles. The van der Waals surface area contributed by atoms with Crippen LogP contribution in [0.15, 0.2) is 6.07 Å². The van der Waals surface area contributed by atoms with Gasteiger partial charge in [0.15, 0.2) is 0 Å². The van der Waals surface area contributed by atoms with Crippen molar-refractivity contribution < 1.29 is 18.3 Å². The van der Waals surface area contributed by atoms with E-state index >= 15 is 0 Å². The summed E-state index contributed by atoms with van der Waals surface area (Å²) in [6, 6.07) is 2.04. The Morgan fingerprint density at radius 1 is 1.57 bits per heavy atom. The third-order valence-corrected chi connectivity index (χ3v) is 1.56. The van der Waals surface area contributed by atoms with Gasteiger partial charge in [0.25, 0.3) is 6.43 Å². The number of pyridine rings is 1. The number of aliphatic hydroxyl groups excluding tert-OH is 1. The van der Waals surface area contributed by atoms with E-state index in [0.717, 1.165) is 0 Å². The lowest BCUT2D eigenvalue weighted by atomic mass is 10.2. The number of hydrogen-bond acceptors (Lipinski definition) is 3. The Labute approximate surface area is 77.4 Å². The molecule has 0 amide bonds. The first kappa shape index (κ1) is 10.5. The monoisotopic (exact) mass is 202 g/mol. The zero-order valence-electron chi connectivity index (χ0n) is 6.84. The van der Waals surface area contributed by atoms with Crippen LogP contribution >= 0.6 is 0 Å². The summed E-state index contributed by atoms with van der Waals surface area (Å²) in [7, 11) is 0. The van der Waals surface area contributed by atoms with E-state index < -0.39 is 35.8 Å². The van der Waals surface area contributed by atoms with E-state index in [9.17, 15) is 13.2 Å². The lowest BCUT2D eigenvalue weighted by Crippen LogP contribution is -2.03. The fraction of sp³-hybridized carbons (Fsp3) is 0.250. The molecular formula is C8H5F3N2O. The van der Waals surface area contributed by atoms with Crippen LogP contribution in [0.1, 0.15) is 23.4 Å². The number of aromatic nitrogens is 1. The molecule has 0 fully saturated rings. The molecule has 0 spiro atoms. The molecule has 0 aliphatic heterocycles. The van der Waals surface area contributed by atoms with Crippen LogP contribution in [0.2, 0.25) is 0 Å². The molecule has 1 aromatic heterocycles. The minimum absolute atomic E-state index is 0.487. The van der Waals surface area contributed by atoms with Crippen molar-refractivity contribution >= 4 is 0 Å². The van der Waals surface area contributed by atoms with Gasteiger partial charge >= 0.3 is 0 Å². The lowest BCUT2D eigenvalue weighted by Gasteiger charge is -2.04. The molecule has 0 saturated carbocycles. The van der Waals surface area contributed by atoms with E-state index in [-0.39, 0.29) is 0 Å². The van der Waals surface area contributed by atoms with Crippen LogP contribution in [0.3, 0.4) is 0 Å². The van der Waals surface area contributed by atoms with Crippen molar-refractivity contribution in [3.05, 3.63) is 28.8 Å². The summed E-state index contributed by atoms with van der Waals surface area (Å²) in [6.07, 6.45) is -2.96. The Hall–Kier alpha value is -1.61. The summed E-state index contributed by atoms with van der Waals surface area (Å²) in [5.74, 6) is -0.964. The Bertz CT molecular complexity index is 387. The largest absolute Gasteiger partial charge is 0.390 e. The molecule has 1 heterocycles. The molecule has 0 radical (unpaired) electrons. The second kappa shape index (κ2) is 4.07. The molecule has 3 nitrogen and oxygen atoms in total. The van der Waals surface area contributed by atoms with E-state index in [1.54, 1.807) is 0 Å². The normalized spacial score (nSPS) is 10.3. The highest BCUT2D eigenvalue weighted by Crippen LogP contribution is 2.22. The SMILES string of the molecule is N#Cc1cc(F)c(CO)nc1C(F)F. The number of nitrogens with zero attached hydrogens (tertiary/aromatic N) is 2. The first-order valence-electron chi connectivity index (χ1n) is 3.58. The van der Waals surface area contributed by atoms with Crippen LogP contribution in [-0.4, -0.2) is 10.1 Å². The van der Waals surface area contributed by atoms with Crippen LogP contribution in [0.5, 0.6) is 0 Å². The van der Waals surface area contributed by atoms with E-state index in [1.165, 1.54) is 6.07 Å². The van der Waals surface area contributed by atoms with Crippen molar-refractivity contribution in [2.75, 3.05) is 0 Å². The molecule has 6 heteroatoms. The van der Waals surface area contributed by atoms with Crippen molar-refractivity contribution in [3.63, 3.8) is 0 Å². The van der Waals surface area contributed by atoms with Gasteiger partial charge in [-0.15, -0.1) is 0 Å². The van der Waals surface area contributed by atoms with Gasteiger partial charge in [-0.1, -0.05) is 0 Å². The molecule has 1 aromatic rings. The first-order valence-corrected chi connectivity index (χ1v) is 3.58. The molecule has 0 bridgehead atoms. The molecule has 1 rings (SSSR count). The van der Waals surface area contributed by atoms with E-state index in [2.05, 4.69) is 4.98 Å². The molecule has 14 heavy (non-hydrogen) atoms. The van der Waals surface area contributed by atoms with Crippen molar-refractivity contribution in [2.24, 2.45) is 0 Å². The third kappa shape index (κ3) is 1.83. The number of rotatable bonds is 2. The van der Waals surface area contributed by atoms with Crippen molar-refractivity contribution in [3.8, 4) is 6.07 Å². The van der Waals surface area contributed by atoms with Gasteiger partial charge in [-0.3, -0.25) is 0 Å². The maximum Gasteiger partial charge on any atom is 0.281 e. The van der Waals surface area contributed by atoms with Gasteiger partial charge in [0.05, 0.1) is 12.2 Å². The summed E-state index contributed by atoms with van der Waals surface area (Å²) in [4.78, 5) is 3.16. The number of aliphatic hydroxyl groups is 1. The van der Waals surface area contributed by atoms with Gasteiger partial charge < -0.3 is 5.11 Å². The smallest absolute Gasteiger partial charge is 0.281 e. The van der Waals surface area contributed by atoms with Crippen LogP contribution in [0.25, 0.3) is 0 Å². The molecule has 0 aliphatic rings. The molecule has 0 aromatic carbocycles. The molecular weight excluding hydrogens is 197 g/mol. The standard InChI is InChI=1S/C8H5F3N2O/c9-5-1-4(2-12)7(8(10)11)13-6(5)3-14/h1,8,14H,3H2. The van der Waals surface area contributed by atoms with Crippen LogP contribution in [-0.2, 0) is 6.61 Å². The minimum atomic E-state index is -2.96. The Morgan fingerprint density at radius 2 is 2.21 bits per heavy atom. The number of hydrogen-bond donors (Lipinski definition) is 1.